The van der Waals surface area contributed by atoms with Gasteiger partial charge in [-0.15, -0.1) is 0 Å². The lowest BCUT2D eigenvalue weighted by Gasteiger charge is -2.30. The van der Waals surface area contributed by atoms with Gasteiger partial charge in [0.1, 0.15) is 10.5 Å². The Morgan fingerprint density at radius 1 is 1.26 bits per heavy atom. The molecule has 1 atom stereocenters. The van der Waals surface area contributed by atoms with Crippen LogP contribution in [0.5, 0.6) is 0 Å². The van der Waals surface area contributed by atoms with Crippen molar-refractivity contribution in [3.8, 4) is 0 Å². The standard InChI is InChI=1S/C19H20ClN3O3S/c1-12-5-7-23-16-10-15(20)17(9-14(16)19(24)21-18(23)8-12)27(25,26)22-6-3-4-13(2)11-22/h5,7-10,13H,3-4,6,11H2,1-2H3. The van der Waals surface area contributed by atoms with Crippen molar-refractivity contribution in [1.82, 2.24) is 13.7 Å². The number of benzene rings is 1. The first-order valence-corrected chi connectivity index (χ1v) is 10.7. The van der Waals surface area contributed by atoms with E-state index in [1.165, 1.54) is 10.4 Å². The minimum absolute atomic E-state index is 0.0308. The molecule has 27 heavy (non-hydrogen) atoms. The Labute approximate surface area is 162 Å². The lowest BCUT2D eigenvalue weighted by atomic mass is 10.0. The Bertz CT molecular complexity index is 1220. The maximum atomic E-state index is 13.1. The first kappa shape index (κ1) is 18.4. The summed E-state index contributed by atoms with van der Waals surface area (Å²) in [5, 5.41) is 0.352. The summed E-state index contributed by atoms with van der Waals surface area (Å²) in [7, 11) is -3.77. The highest BCUT2D eigenvalue weighted by Crippen LogP contribution is 2.31. The van der Waals surface area contributed by atoms with E-state index in [9.17, 15) is 13.2 Å². The fourth-order valence-electron chi connectivity index (χ4n) is 3.66. The second-order valence-corrected chi connectivity index (χ2v) is 9.57. The molecule has 1 aliphatic heterocycles. The number of pyridine rings is 1. The topological polar surface area (TPSA) is 71.8 Å². The van der Waals surface area contributed by atoms with Gasteiger partial charge in [-0.1, -0.05) is 18.5 Å². The Morgan fingerprint density at radius 3 is 2.78 bits per heavy atom. The second-order valence-electron chi connectivity index (χ2n) is 7.26. The predicted octanol–water partition coefficient (Wildman–Crippen LogP) is 3.23. The van der Waals surface area contributed by atoms with Gasteiger partial charge in [0.15, 0.2) is 0 Å². The van der Waals surface area contributed by atoms with Crippen LogP contribution >= 0.6 is 11.6 Å². The minimum Gasteiger partial charge on any atom is -0.301 e. The van der Waals surface area contributed by atoms with Crippen LogP contribution in [0.2, 0.25) is 5.02 Å². The van der Waals surface area contributed by atoms with Gasteiger partial charge in [0, 0.05) is 19.3 Å². The summed E-state index contributed by atoms with van der Waals surface area (Å²) >= 11 is 6.39. The maximum Gasteiger partial charge on any atom is 0.281 e. The molecule has 1 unspecified atom stereocenters. The molecule has 8 heteroatoms. The molecule has 3 heterocycles. The van der Waals surface area contributed by atoms with E-state index in [0.717, 1.165) is 18.4 Å². The van der Waals surface area contributed by atoms with Crippen molar-refractivity contribution in [1.29, 1.82) is 0 Å². The number of piperidine rings is 1. The van der Waals surface area contributed by atoms with Crippen molar-refractivity contribution in [2.45, 2.75) is 31.6 Å². The monoisotopic (exact) mass is 405 g/mol. The maximum absolute atomic E-state index is 13.1. The number of aromatic nitrogens is 2. The second kappa shape index (κ2) is 6.58. The normalized spacial score (nSPS) is 19.0. The van der Waals surface area contributed by atoms with E-state index in [1.54, 1.807) is 22.7 Å². The van der Waals surface area contributed by atoms with Crippen LogP contribution in [-0.4, -0.2) is 35.2 Å². The van der Waals surface area contributed by atoms with Crippen molar-refractivity contribution >= 4 is 38.2 Å². The van der Waals surface area contributed by atoms with Gasteiger partial charge in [-0.3, -0.25) is 4.79 Å². The molecule has 0 saturated carbocycles. The number of rotatable bonds is 2. The van der Waals surface area contributed by atoms with Crippen LogP contribution in [0.4, 0.5) is 0 Å². The zero-order valence-corrected chi connectivity index (χ0v) is 16.7. The fourth-order valence-corrected chi connectivity index (χ4v) is 5.78. The molecule has 0 aliphatic carbocycles. The van der Waals surface area contributed by atoms with Crippen LogP contribution in [-0.2, 0) is 10.0 Å². The first-order valence-electron chi connectivity index (χ1n) is 8.90. The Balaban J connectivity index is 1.94. The average molecular weight is 406 g/mol. The van der Waals surface area contributed by atoms with Crippen LogP contribution in [0.15, 0.2) is 40.2 Å². The van der Waals surface area contributed by atoms with Crippen molar-refractivity contribution < 1.29 is 8.42 Å². The van der Waals surface area contributed by atoms with Gasteiger partial charge < -0.3 is 4.40 Å². The number of halogens is 1. The third-order valence-electron chi connectivity index (χ3n) is 5.08. The Kier molecular flexibility index (Phi) is 4.49. The molecule has 1 saturated heterocycles. The van der Waals surface area contributed by atoms with Gasteiger partial charge >= 0.3 is 0 Å². The number of fused-ring (bicyclic) bond motifs is 3. The molecule has 0 spiro atoms. The van der Waals surface area contributed by atoms with E-state index in [2.05, 4.69) is 4.98 Å². The van der Waals surface area contributed by atoms with Gasteiger partial charge in [0.2, 0.25) is 10.0 Å². The number of nitrogens with zero attached hydrogens (tertiary/aromatic N) is 3. The Hall–Kier alpha value is -1.96. The average Bonchev–Trinajstić information content (AvgIpc) is 2.61. The SMILES string of the molecule is Cc1ccn2c(c1)nc(=O)c1cc(S(=O)(=O)N3CCCC(C)C3)c(Cl)cc12. The third-order valence-corrected chi connectivity index (χ3v) is 7.41. The van der Waals surface area contributed by atoms with Gasteiger partial charge in [-0.2, -0.15) is 9.29 Å². The van der Waals surface area contributed by atoms with E-state index in [4.69, 9.17) is 11.6 Å². The van der Waals surface area contributed by atoms with E-state index in [0.29, 0.717) is 30.2 Å². The van der Waals surface area contributed by atoms with Gasteiger partial charge in [-0.05, 0) is 55.5 Å². The number of aryl methyl sites for hydroxylation is 1. The lowest BCUT2D eigenvalue weighted by Crippen LogP contribution is -2.39. The van der Waals surface area contributed by atoms with E-state index in [-0.39, 0.29) is 15.3 Å². The van der Waals surface area contributed by atoms with E-state index < -0.39 is 15.6 Å². The molecule has 0 bridgehead atoms. The quantitative estimate of drug-likeness (QED) is 0.613. The molecule has 2 aromatic heterocycles. The summed E-state index contributed by atoms with van der Waals surface area (Å²) < 4.78 is 29.5. The van der Waals surface area contributed by atoms with Crippen LogP contribution in [0.1, 0.15) is 25.3 Å². The number of sulfonamides is 1. The molecular weight excluding hydrogens is 386 g/mol. The summed E-state index contributed by atoms with van der Waals surface area (Å²) in [6.07, 6.45) is 3.63. The van der Waals surface area contributed by atoms with Crippen LogP contribution in [0, 0.1) is 12.8 Å². The molecule has 4 rings (SSSR count). The first-order chi connectivity index (χ1) is 12.8. The smallest absolute Gasteiger partial charge is 0.281 e. The molecule has 1 aliphatic rings. The van der Waals surface area contributed by atoms with E-state index >= 15 is 0 Å². The highest BCUT2D eigenvalue weighted by atomic mass is 35.5. The molecule has 0 radical (unpaired) electrons. The van der Waals surface area contributed by atoms with Crippen LogP contribution in [0.25, 0.3) is 16.6 Å². The predicted molar refractivity (Wildman–Crippen MR) is 106 cm³/mol. The third kappa shape index (κ3) is 3.13. The number of hydrogen-bond acceptors (Lipinski definition) is 4. The molecule has 142 valence electrons. The molecular formula is C19H20ClN3O3S. The largest absolute Gasteiger partial charge is 0.301 e. The molecule has 0 N–H and O–H groups in total. The fraction of sp³-hybridized carbons (Fsp3) is 0.368. The van der Waals surface area contributed by atoms with Crippen molar-refractivity contribution in [2.24, 2.45) is 5.92 Å². The zero-order valence-electron chi connectivity index (χ0n) is 15.1. The molecule has 1 aromatic carbocycles. The highest BCUT2D eigenvalue weighted by Gasteiger charge is 2.31. The van der Waals surface area contributed by atoms with Gasteiger partial charge in [0.25, 0.3) is 5.56 Å². The molecule has 1 fully saturated rings. The van der Waals surface area contributed by atoms with Crippen LogP contribution < -0.4 is 5.56 Å². The summed E-state index contributed by atoms with van der Waals surface area (Å²) in [4.78, 5) is 16.6. The van der Waals surface area contributed by atoms with E-state index in [1.807, 2.05) is 19.9 Å². The molecule has 3 aromatic rings. The summed E-state index contributed by atoms with van der Waals surface area (Å²) in [5.74, 6) is 0.298. The van der Waals surface area contributed by atoms with Gasteiger partial charge in [-0.25, -0.2) is 8.42 Å². The van der Waals surface area contributed by atoms with Gasteiger partial charge in [0.05, 0.1) is 15.9 Å². The zero-order chi connectivity index (χ0) is 19.3. The van der Waals surface area contributed by atoms with Crippen molar-refractivity contribution in [3.05, 3.63) is 51.4 Å². The molecule has 6 nitrogen and oxygen atoms in total. The Morgan fingerprint density at radius 2 is 2.04 bits per heavy atom. The summed E-state index contributed by atoms with van der Waals surface area (Å²) in [5.41, 5.74) is 1.56. The van der Waals surface area contributed by atoms with Crippen molar-refractivity contribution in [2.75, 3.05) is 13.1 Å². The minimum atomic E-state index is -3.77. The molecule has 0 amide bonds. The lowest BCUT2D eigenvalue weighted by molar-refractivity contribution is 0.281. The van der Waals surface area contributed by atoms with Crippen molar-refractivity contribution in [3.63, 3.8) is 0 Å². The number of hydrogen-bond donors (Lipinski definition) is 0. The summed E-state index contributed by atoms with van der Waals surface area (Å²) in [6, 6.07) is 6.61. The van der Waals surface area contributed by atoms with Crippen LogP contribution in [0.3, 0.4) is 0 Å². The highest BCUT2D eigenvalue weighted by molar-refractivity contribution is 7.89. The summed E-state index contributed by atoms with van der Waals surface area (Å²) in [6.45, 7) is 4.88.